The molecule has 0 saturated carbocycles. The van der Waals surface area contributed by atoms with Crippen molar-refractivity contribution < 1.29 is 16.8 Å². The van der Waals surface area contributed by atoms with Gasteiger partial charge in [-0.2, -0.15) is 4.31 Å². The monoisotopic (exact) mass is 345 g/mol. The average molecular weight is 345 g/mol. The van der Waals surface area contributed by atoms with Crippen molar-refractivity contribution in [1.29, 1.82) is 0 Å². The van der Waals surface area contributed by atoms with Crippen molar-refractivity contribution in [1.82, 2.24) is 4.31 Å². The molecule has 2 rings (SSSR count). The van der Waals surface area contributed by atoms with Crippen LogP contribution in [0.2, 0.25) is 0 Å². The maximum absolute atomic E-state index is 13.0. The molecular formula is C15H23NO4S2. The van der Waals surface area contributed by atoms with Crippen molar-refractivity contribution in [2.75, 3.05) is 18.6 Å². The fourth-order valence-corrected chi connectivity index (χ4v) is 7.45. The summed E-state index contributed by atoms with van der Waals surface area (Å²) in [6.45, 7) is 7.17. The van der Waals surface area contributed by atoms with Gasteiger partial charge in [0.1, 0.15) is 0 Å². The molecule has 7 heteroatoms. The molecule has 0 aromatic heterocycles. The number of benzene rings is 1. The lowest BCUT2D eigenvalue weighted by Crippen LogP contribution is -2.48. The van der Waals surface area contributed by atoms with Gasteiger partial charge in [-0.3, -0.25) is 0 Å². The first-order chi connectivity index (χ1) is 9.89. The minimum atomic E-state index is -3.74. The summed E-state index contributed by atoms with van der Waals surface area (Å²) in [6, 6.07) is 3.67. The average Bonchev–Trinajstić information content (AvgIpc) is 2.62. The van der Waals surface area contributed by atoms with Gasteiger partial charge in [0.2, 0.25) is 10.0 Å². The minimum absolute atomic E-state index is 0.0369. The van der Waals surface area contributed by atoms with Crippen LogP contribution in [0, 0.1) is 20.8 Å². The van der Waals surface area contributed by atoms with Crippen LogP contribution in [0.15, 0.2) is 17.0 Å². The number of sulfone groups is 1. The van der Waals surface area contributed by atoms with E-state index in [1.165, 1.54) is 11.4 Å². The normalized spacial score (nSPS) is 24.8. The van der Waals surface area contributed by atoms with Crippen LogP contribution >= 0.6 is 0 Å². The van der Waals surface area contributed by atoms with Gasteiger partial charge in [-0.15, -0.1) is 0 Å². The van der Waals surface area contributed by atoms with E-state index in [1.807, 2.05) is 19.1 Å². The molecule has 1 heterocycles. The van der Waals surface area contributed by atoms with E-state index in [1.54, 1.807) is 20.8 Å². The van der Waals surface area contributed by atoms with E-state index in [4.69, 9.17) is 0 Å². The van der Waals surface area contributed by atoms with Crippen molar-refractivity contribution in [3.05, 3.63) is 28.8 Å². The molecule has 5 nitrogen and oxygen atoms in total. The first-order valence-electron chi connectivity index (χ1n) is 7.16. The van der Waals surface area contributed by atoms with E-state index in [0.717, 1.165) is 5.56 Å². The molecule has 1 aromatic rings. The summed E-state index contributed by atoms with van der Waals surface area (Å²) in [6.07, 6.45) is 0.328. The topological polar surface area (TPSA) is 71.5 Å². The van der Waals surface area contributed by atoms with E-state index in [9.17, 15) is 16.8 Å². The van der Waals surface area contributed by atoms with Crippen LogP contribution in [0.4, 0.5) is 0 Å². The van der Waals surface area contributed by atoms with E-state index in [2.05, 4.69) is 0 Å². The molecule has 124 valence electrons. The quantitative estimate of drug-likeness (QED) is 0.837. The van der Waals surface area contributed by atoms with Gasteiger partial charge in [-0.1, -0.05) is 17.7 Å². The van der Waals surface area contributed by atoms with Crippen molar-refractivity contribution in [3.8, 4) is 0 Å². The molecule has 1 aliphatic rings. The van der Waals surface area contributed by atoms with Gasteiger partial charge < -0.3 is 0 Å². The van der Waals surface area contributed by atoms with Gasteiger partial charge >= 0.3 is 0 Å². The van der Waals surface area contributed by atoms with Crippen LogP contribution in [0.25, 0.3) is 0 Å². The maximum atomic E-state index is 13.0. The number of hydrogen-bond donors (Lipinski definition) is 0. The van der Waals surface area contributed by atoms with Gasteiger partial charge in [0.25, 0.3) is 0 Å². The highest BCUT2D eigenvalue weighted by molar-refractivity contribution is 7.92. The van der Waals surface area contributed by atoms with Gasteiger partial charge in [0, 0.05) is 12.6 Å². The molecule has 0 unspecified atom stereocenters. The predicted molar refractivity (Wildman–Crippen MR) is 87.3 cm³/mol. The van der Waals surface area contributed by atoms with Crippen molar-refractivity contribution in [3.63, 3.8) is 0 Å². The fraction of sp³-hybridized carbons (Fsp3) is 0.600. The summed E-state index contributed by atoms with van der Waals surface area (Å²) in [5.41, 5.74) is 1.50. The fourth-order valence-electron chi connectivity index (χ4n) is 3.24. The molecule has 1 aliphatic heterocycles. The summed E-state index contributed by atoms with van der Waals surface area (Å²) in [7, 11) is -5.43. The molecule has 1 saturated heterocycles. The lowest BCUT2D eigenvalue weighted by atomic mass is 10.0. The standard InChI is InChI=1S/C15H23NO4S2/c1-11-8-12(2)14(13(3)9-11)22(19,20)16(5)15(4)6-7-21(17,18)10-15/h8-9H,6-7,10H2,1-5H3/t15-/m1/s1. The van der Waals surface area contributed by atoms with E-state index in [-0.39, 0.29) is 16.4 Å². The van der Waals surface area contributed by atoms with Crippen LogP contribution in [0.3, 0.4) is 0 Å². The van der Waals surface area contributed by atoms with Crippen LogP contribution < -0.4 is 0 Å². The van der Waals surface area contributed by atoms with Crippen LogP contribution in [0.5, 0.6) is 0 Å². The van der Waals surface area contributed by atoms with Crippen LogP contribution in [-0.4, -0.2) is 45.2 Å². The number of sulfonamides is 1. The van der Waals surface area contributed by atoms with Gasteiger partial charge in [-0.25, -0.2) is 16.8 Å². The van der Waals surface area contributed by atoms with Crippen molar-refractivity contribution >= 4 is 19.9 Å². The Morgan fingerprint density at radius 3 is 2.05 bits per heavy atom. The number of nitrogens with zero attached hydrogens (tertiary/aromatic N) is 1. The first-order valence-corrected chi connectivity index (χ1v) is 10.4. The number of rotatable bonds is 3. The molecule has 1 fully saturated rings. The molecule has 0 radical (unpaired) electrons. The lowest BCUT2D eigenvalue weighted by molar-refractivity contribution is 0.272. The minimum Gasteiger partial charge on any atom is -0.229 e. The third kappa shape index (κ3) is 2.94. The second-order valence-corrected chi connectivity index (χ2v) is 10.6. The molecule has 0 N–H and O–H groups in total. The predicted octanol–water partition coefficient (Wildman–Crippen LogP) is 1.81. The highest BCUT2D eigenvalue weighted by atomic mass is 32.2. The largest absolute Gasteiger partial charge is 0.243 e. The summed E-state index contributed by atoms with van der Waals surface area (Å²) in [4.78, 5) is 0.283. The van der Waals surface area contributed by atoms with Crippen LogP contribution in [-0.2, 0) is 19.9 Å². The molecule has 1 aromatic carbocycles. The van der Waals surface area contributed by atoms with E-state index < -0.39 is 25.4 Å². The first kappa shape index (κ1) is 17.4. The Labute approximate surface area is 133 Å². The highest BCUT2D eigenvalue weighted by Crippen LogP contribution is 2.34. The number of hydrogen-bond acceptors (Lipinski definition) is 4. The third-order valence-corrected chi connectivity index (χ3v) is 8.68. The molecular weight excluding hydrogens is 322 g/mol. The summed E-state index contributed by atoms with van der Waals surface area (Å²) in [5.74, 6) is -0.0884. The van der Waals surface area contributed by atoms with Gasteiger partial charge in [-0.05, 0) is 45.2 Å². The molecule has 0 spiro atoms. The summed E-state index contributed by atoms with van der Waals surface area (Å²) >= 11 is 0. The molecule has 0 bridgehead atoms. The SMILES string of the molecule is Cc1cc(C)c(S(=O)(=O)N(C)[C@]2(C)CCS(=O)(=O)C2)c(C)c1. The molecule has 0 aliphatic carbocycles. The van der Waals surface area contributed by atoms with Crippen LogP contribution in [0.1, 0.15) is 30.0 Å². The van der Waals surface area contributed by atoms with E-state index in [0.29, 0.717) is 17.5 Å². The zero-order valence-electron chi connectivity index (χ0n) is 13.7. The highest BCUT2D eigenvalue weighted by Gasteiger charge is 2.46. The van der Waals surface area contributed by atoms with Crippen molar-refractivity contribution in [2.24, 2.45) is 0 Å². The van der Waals surface area contributed by atoms with E-state index >= 15 is 0 Å². The van der Waals surface area contributed by atoms with Gasteiger partial charge in [0.05, 0.1) is 16.4 Å². The Hall–Kier alpha value is -0.920. The molecule has 22 heavy (non-hydrogen) atoms. The van der Waals surface area contributed by atoms with Gasteiger partial charge in [0.15, 0.2) is 9.84 Å². The Morgan fingerprint density at radius 1 is 1.14 bits per heavy atom. The summed E-state index contributed by atoms with van der Waals surface area (Å²) in [5, 5.41) is 0. The third-order valence-electron chi connectivity index (χ3n) is 4.47. The smallest absolute Gasteiger partial charge is 0.229 e. The maximum Gasteiger partial charge on any atom is 0.243 e. The Kier molecular flexibility index (Phi) is 4.21. The molecule has 1 atom stereocenters. The second-order valence-electron chi connectivity index (χ2n) is 6.54. The molecule has 0 amide bonds. The Balaban J connectivity index is 2.52. The Morgan fingerprint density at radius 2 is 1.64 bits per heavy atom. The zero-order valence-corrected chi connectivity index (χ0v) is 15.3. The number of aryl methyl sites for hydroxylation is 3. The lowest BCUT2D eigenvalue weighted by Gasteiger charge is -2.34. The Bertz CT molecular complexity index is 789. The second kappa shape index (κ2) is 5.32. The zero-order chi connectivity index (χ0) is 16.9. The van der Waals surface area contributed by atoms with Crippen molar-refractivity contribution in [2.45, 2.75) is 44.6 Å². The summed E-state index contributed by atoms with van der Waals surface area (Å²) < 4.78 is 50.8.